The Labute approximate surface area is 202 Å². The molecular weight excluding hydrogens is 448 g/mol. The van der Waals surface area contributed by atoms with Crippen molar-refractivity contribution in [3.05, 3.63) is 106 Å². The van der Waals surface area contributed by atoms with E-state index in [9.17, 15) is 14.4 Å². The number of esters is 3. The summed E-state index contributed by atoms with van der Waals surface area (Å²) in [6.45, 7) is 0. The monoisotopic (exact) mass is 472 g/mol. The maximum absolute atomic E-state index is 11.8. The Morgan fingerprint density at radius 3 is 1.20 bits per heavy atom. The maximum atomic E-state index is 11.8. The van der Waals surface area contributed by atoms with Gasteiger partial charge in [0, 0.05) is 12.4 Å². The largest absolute Gasteiger partial charge is 0.465 e. The summed E-state index contributed by atoms with van der Waals surface area (Å²) in [6, 6.07) is 20.4. The fourth-order valence-electron chi connectivity index (χ4n) is 3.08. The zero-order chi connectivity index (χ0) is 25.2. The van der Waals surface area contributed by atoms with E-state index < -0.39 is 24.1 Å². The molecule has 0 fully saturated rings. The first-order chi connectivity index (χ1) is 16.9. The van der Waals surface area contributed by atoms with Gasteiger partial charge >= 0.3 is 17.9 Å². The van der Waals surface area contributed by atoms with E-state index in [1.807, 2.05) is 0 Å². The van der Waals surface area contributed by atoms with Crippen LogP contribution in [0.2, 0.25) is 0 Å². The summed E-state index contributed by atoms with van der Waals surface area (Å²) in [7, 11) is 3.98. The first-order valence-corrected chi connectivity index (χ1v) is 10.6. The minimum absolute atomic E-state index is 0.416. The van der Waals surface area contributed by atoms with Crippen LogP contribution in [-0.4, -0.2) is 51.7 Å². The quantitative estimate of drug-likeness (QED) is 0.275. The van der Waals surface area contributed by atoms with E-state index in [2.05, 4.69) is 9.98 Å². The molecule has 0 saturated heterocycles. The molecule has 3 aromatic carbocycles. The molecule has 0 unspecified atom stereocenters. The third kappa shape index (κ3) is 6.70. The summed E-state index contributed by atoms with van der Waals surface area (Å²) in [5.41, 5.74) is 3.58. The van der Waals surface area contributed by atoms with Crippen molar-refractivity contribution in [1.82, 2.24) is 0 Å². The number of carbonyl (C=O) groups excluding carboxylic acids is 3. The molecule has 0 radical (unpaired) electrons. The molecule has 0 N–H and O–H groups in total. The van der Waals surface area contributed by atoms with E-state index in [1.54, 1.807) is 85.2 Å². The SMILES string of the molecule is COC(=O)c1ccc(/C=N/C(/N=C/c2ccc(C(=O)OC)cc2)c2ccc(C(=O)OC)cc2)cc1. The molecule has 8 heteroatoms. The van der Waals surface area contributed by atoms with Crippen LogP contribution >= 0.6 is 0 Å². The predicted octanol–water partition coefficient (Wildman–Crippen LogP) is 4.28. The molecule has 0 aliphatic carbocycles. The van der Waals surface area contributed by atoms with Gasteiger partial charge in [0.25, 0.3) is 0 Å². The van der Waals surface area contributed by atoms with Crippen LogP contribution in [0.3, 0.4) is 0 Å². The van der Waals surface area contributed by atoms with Gasteiger partial charge in [-0.1, -0.05) is 36.4 Å². The van der Waals surface area contributed by atoms with E-state index in [4.69, 9.17) is 14.2 Å². The van der Waals surface area contributed by atoms with Crippen molar-refractivity contribution >= 4 is 30.3 Å². The second kappa shape index (κ2) is 12.0. The topological polar surface area (TPSA) is 104 Å². The van der Waals surface area contributed by atoms with Crippen LogP contribution in [0.15, 0.2) is 82.8 Å². The van der Waals surface area contributed by atoms with Gasteiger partial charge in [-0.15, -0.1) is 0 Å². The summed E-state index contributed by atoms with van der Waals surface area (Å²) < 4.78 is 14.2. The van der Waals surface area contributed by atoms with Crippen LogP contribution in [0.4, 0.5) is 0 Å². The van der Waals surface area contributed by atoms with Crippen molar-refractivity contribution < 1.29 is 28.6 Å². The van der Waals surface area contributed by atoms with Crippen molar-refractivity contribution in [2.24, 2.45) is 9.98 Å². The number of hydrogen-bond acceptors (Lipinski definition) is 8. The van der Waals surface area contributed by atoms with Crippen molar-refractivity contribution in [1.29, 1.82) is 0 Å². The molecule has 3 aromatic rings. The molecule has 35 heavy (non-hydrogen) atoms. The molecule has 0 aromatic heterocycles. The maximum Gasteiger partial charge on any atom is 0.337 e. The first kappa shape index (κ1) is 25.0. The van der Waals surface area contributed by atoms with Crippen molar-refractivity contribution in [2.75, 3.05) is 21.3 Å². The number of hydrogen-bond donors (Lipinski definition) is 0. The molecule has 3 rings (SSSR count). The Balaban J connectivity index is 1.87. The second-order valence-electron chi connectivity index (χ2n) is 7.27. The fourth-order valence-corrected chi connectivity index (χ4v) is 3.08. The molecule has 8 nitrogen and oxygen atoms in total. The summed E-state index contributed by atoms with van der Waals surface area (Å²) in [5, 5.41) is 0. The highest BCUT2D eigenvalue weighted by molar-refractivity contribution is 5.92. The van der Waals surface area contributed by atoms with E-state index in [1.165, 1.54) is 21.3 Å². The lowest BCUT2D eigenvalue weighted by molar-refractivity contribution is 0.0592. The fraction of sp³-hybridized carbons (Fsp3) is 0.148. The number of benzene rings is 3. The van der Waals surface area contributed by atoms with E-state index in [0.29, 0.717) is 16.7 Å². The van der Waals surface area contributed by atoms with Crippen LogP contribution in [0, 0.1) is 0 Å². The highest BCUT2D eigenvalue weighted by Gasteiger charge is 2.11. The van der Waals surface area contributed by atoms with Gasteiger partial charge in [-0.05, 0) is 53.1 Å². The number of ether oxygens (including phenoxy) is 3. The third-order valence-corrected chi connectivity index (χ3v) is 5.02. The summed E-state index contributed by atoms with van der Waals surface area (Å²) in [4.78, 5) is 44.2. The minimum atomic E-state index is -0.609. The van der Waals surface area contributed by atoms with Crippen LogP contribution in [0.5, 0.6) is 0 Å². The minimum Gasteiger partial charge on any atom is -0.465 e. The Hall–Kier alpha value is -4.59. The van der Waals surface area contributed by atoms with Crippen LogP contribution in [0.1, 0.15) is 53.9 Å². The van der Waals surface area contributed by atoms with Gasteiger partial charge in [0.1, 0.15) is 0 Å². The molecule has 0 amide bonds. The molecule has 0 spiro atoms. The molecule has 178 valence electrons. The van der Waals surface area contributed by atoms with Crippen LogP contribution in [-0.2, 0) is 14.2 Å². The first-order valence-electron chi connectivity index (χ1n) is 10.6. The zero-order valence-electron chi connectivity index (χ0n) is 19.5. The number of rotatable bonds is 8. The number of carbonyl (C=O) groups is 3. The van der Waals surface area contributed by atoms with Crippen LogP contribution in [0.25, 0.3) is 0 Å². The van der Waals surface area contributed by atoms with Crippen molar-refractivity contribution in [3.63, 3.8) is 0 Å². The van der Waals surface area contributed by atoms with E-state index in [-0.39, 0.29) is 0 Å². The lowest BCUT2D eigenvalue weighted by Gasteiger charge is -2.09. The molecule has 0 atom stereocenters. The number of methoxy groups -OCH3 is 3. The molecule has 0 saturated carbocycles. The van der Waals surface area contributed by atoms with Gasteiger partial charge < -0.3 is 14.2 Å². The van der Waals surface area contributed by atoms with Crippen molar-refractivity contribution in [3.8, 4) is 0 Å². The van der Waals surface area contributed by atoms with Gasteiger partial charge in [0.2, 0.25) is 0 Å². The highest BCUT2D eigenvalue weighted by atomic mass is 16.5. The smallest absolute Gasteiger partial charge is 0.337 e. The Morgan fingerprint density at radius 1 is 0.571 bits per heavy atom. The molecular formula is C27H24N2O6. The molecule has 0 heterocycles. The zero-order valence-corrected chi connectivity index (χ0v) is 19.5. The summed E-state index contributed by atoms with van der Waals surface area (Å²) in [5.74, 6) is -1.27. The van der Waals surface area contributed by atoms with Gasteiger partial charge in [0.15, 0.2) is 6.17 Å². The van der Waals surface area contributed by atoms with Gasteiger partial charge in [-0.2, -0.15) is 0 Å². The Bertz CT molecular complexity index is 1160. The van der Waals surface area contributed by atoms with Gasteiger partial charge in [-0.3, -0.25) is 9.98 Å². The summed E-state index contributed by atoms with van der Waals surface area (Å²) >= 11 is 0. The van der Waals surface area contributed by atoms with E-state index in [0.717, 1.165) is 16.7 Å². The molecule has 0 bridgehead atoms. The predicted molar refractivity (Wildman–Crippen MR) is 131 cm³/mol. The summed E-state index contributed by atoms with van der Waals surface area (Å²) in [6.07, 6.45) is 2.69. The average molecular weight is 472 g/mol. The lowest BCUT2D eigenvalue weighted by Crippen LogP contribution is -2.02. The van der Waals surface area contributed by atoms with Gasteiger partial charge in [0.05, 0.1) is 38.0 Å². The van der Waals surface area contributed by atoms with E-state index >= 15 is 0 Å². The average Bonchev–Trinajstić information content (AvgIpc) is 2.92. The highest BCUT2D eigenvalue weighted by Crippen LogP contribution is 2.21. The third-order valence-electron chi connectivity index (χ3n) is 5.02. The standard InChI is InChI=1S/C27H24N2O6/c1-33-25(30)21-8-4-18(5-9-21)16-28-24(20-12-14-23(15-13-20)27(32)35-3)29-17-19-6-10-22(11-7-19)26(31)34-2/h4-17,24H,1-3H3/b28-16+,29-17+. The lowest BCUT2D eigenvalue weighted by atomic mass is 10.1. The van der Waals surface area contributed by atoms with Crippen LogP contribution < -0.4 is 0 Å². The van der Waals surface area contributed by atoms with Gasteiger partial charge in [-0.25, -0.2) is 14.4 Å². The normalized spacial score (nSPS) is 11.1. The molecule has 0 aliphatic rings. The molecule has 0 aliphatic heterocycles. The van der Waals surface area contributed by atoms with Crippen molar-refractivity contribution in [2.45, 2.75) is 6.17 Å². The number of aliphatic imine (C=N–C) groups is 2. The second-order valence-corrected chi connectivity index (χ2v) is 7.27. The number of nitrogens with zero attached hydrogens (tertiary/aromatic N) is 2. The Morgan fingerprint density at radius 2 is 0.886 bits per heavy atom. The Kier molecular flexibility index (Phi) is 8.61.